The van der Waals surface area contributed by atoms with E-state index in [2.05, 4.69) is 32.7 Å². The van der Waals surface area contributed by atoms with Crippen LogP contribution in [0.5, 0.6) is 0 Å². The van der Waals surface area contributed by atoms with E-state index < -0.39 is 0 Å². The minimum absolute atomic E-state index is 0. The number of nitrogens with zero attached hydrogens (tertiary/aromatic N) is 3. The molecule has 82 valence electrons. The Morgan fingerprint density at radius 3 is 2.82 bits per heavy atom. The largest absolute Gasteiger partial charge is 1.00 e. The molecule has 0 bridgehead atoms. The van der Waals surface area contributed by atoms with Gasteiger partial charge in [0.2, 0.25) is 0 Å². The van der Waals surface area contributed by atoms with Crippen molar-refractivity contribution in [1.82, 2.24) is 14.8 Å². The predicted molar refractivity (Wildman–Crippen MR) is 69.0 cm³/mol. The molecule has 0 aliphatic carbocycles. The molecule has 0 unspecified atom stereocenters. The first kappa shape index (κ1) is 15.5. The maximum Gasteiger partial charge on any atom is 1.00 e. The summed E-state index contributed by atoms with van der Waals surface area (Å²) in [6.07, 6.45) is 1.78. The summed E-state index contributed by atoms with van der Waals surface area (Å²) in [6.45, 7) is 4.32. The first-order chi connectivity index (χ1) is 7.72. The summed E-state index contributed by atoms with van der Waals surface area (Å²) in [6, 6.07) is 7.88. The number of rotatable bonds is 3. The van der Waals surface area contributed by atoms with Gasteiger partial charge in [-0.05, 0) is 12.1 Å². The van der Waals surface area contributed by atoms with Gasteiger partial charge in [-0.25, -0.2) is 0 Å². The van der Waals surface area contributed by atoms with E-state index >= 15 is 0 Å². The van der Waals surface area contributed by atoms with Gasteiger partial charge in [-0.3, -0.25) is 0 Å². The fourth-order valence-corrected chi connectivity index (χ4v) is 2.02. The van der Waals surface area contributed by atoms with Crippen LogP contribution in [-0.2, 0) is 19.2 Å². The normalized spacial score (nSPS) is 9.71. The number of halogens is 1. The molecular weight excluding hydrogens is 325 g/mol. The molecule has 17 heavy (non-hydrogen) atoms. The number of allylic oxidation sites excluding steroid dienone is 1. The van der Waals surface area contributed by atoms with E-state index in [1.807, 2.05) is 28.8 Å². The second-order valence-electron chi connectivity index (χ2n) is 3.22. The van der Waals surface area contributed by atoms with Crippen molar-refractivity contribution in [3.8, 4) is 11.4 Å². The Morgan fingerprint density at radius 1 is 1.41 bits per heavy atom. The minimum atomic E-state index is 0. The van der Waals surface area contributed by atoms with Crippen LogP contribution in [0.4, 0.5) is 0 Å². The molecule has 0 saturated carbocycles. The van der Waals surface area contributed by atoms with Gasteiger partial charge in [0.15, 0.2) is 5.82 Å². The van der Waals surface area contributed by atoms with Gasteiger partial charge in [0, 0.05) is 21.7 Å². The van der Waals surface area contributed by atoms with Crippen molar-refractivity contribution in [2.45, 2.75) is 11.7 Å². The molecule has 0 amide bonds. The van der Waals surface area contributed by atoms with Gasteiger partial charge in [-0.2, -0.15) is 5.10 Å². The van der Waals surface area contributed by atoms with E-state index in [-0.39, 0.29) is 51.4 Å². The number of hydrogen-bond acceptors (Lipinski definition) is 3. The van der Waals surface area contributed by atoms with Crippen molar-refractivity contribution < 1.29 is 51.4 Å². The molecule has 0 radical (unpaired) electrons. The summed E-state index contributed by atoms with van der Waals surface area (Å²) >= 11 is 8.53. The third kappa shape index (κ3) is 3.70. The van der Waals surface area contributed by atoms with Crippen molar-refractivity contribution in [3.05, 3.63) is 41.4 Å². The molecule has 1 heterocycles. The first-order valence-corrected chi connectivity index (χ1v) is 5.89. The Bertz CT molecular complexity index is 527. The molecule has 1 aromatic carbocycles. The van der Waals surface area contributed by atoms with Crippen LogP contribution < -0.4 is 51.4 Å². The van der Waals surface area contributed by atoms with Crippen molar-refractivity contribution in [2.24, 2.45) is 0 Å². The average molecular weight is 334 g/mol. The molecule has 0 spiro atoms. The second-order valence-corrected chi connectivity index (χ2v) is 4.50. The second kappa shape index (κ2) is 7.13. The van der Waals surface area contributed by atoms with Crippen LogP contribution >= 0.6 is 15.9 Å². The van der Waals surface area contributed by atoms with E-state index in [0.29, 0.717) is 11.7 Å². The van der Waals surface area contributed by atoms with Crippen molar-refractivity contribution in [2.75, 3.05) is 0 Å². The molecule has 2 rings (SSSR count). The van der Waals surface area contributed by atoms with Crippen LogP contribution in [-0.4, -0.2) is 14.8 Å². The Balaban J connectivity index is 0.00000144. The fourth-order valence-electron chi connectivity index (χ4n) is 1.42. The van der Waals surface area contributed by atoms with Gasteiger partial charge >= 0.3 is 51.4 Å². The zero-order valence-electron chi connectivity index (χ0n) is 9.43. The van der Waals surface area contributed by atoms with E-state index in [0.717, 1.165) is 15.9 Å². The molecule has 3 nitrogen and oxygen atoms in total. The van der Waals surface area contributed by atoms with Crippen LogP contribution in [0.1, 0.15) is 0 Å². The van der Waals surface area contributed by atoms with Crippen LogP contribution in [0.25, 0.3) is 11.4 Å². The fraction of sp³-hybridized carbons (Fsp3) is 0.0909. The Morgan fingerprint density at radius 2 is 2.18 bits per heavy atom. The molecule has 6 heteroatoms. The molecular formula is C11H9BrKN3S. The molecule has 0 fully saturated rings. The Kier molecular flexibility index (Phi) is 6.50. The van der Waals surface area contributed by atoms with Crippen molar-refractivity contribution in [1.29, 1.82) is 0 Å². The summed E-state index contributed by atoms with van der Waals surface area (Å²) < 4.78 is 2.86. The van der Waals surface area contributed by atoms with Gasteiger partial charge in [0.1, 0.15) is 0 Å². The van der Waals surface area contributed by atoms with Crippen molar-refractivity contribution >= 4 is 28.6 Å². The van der Waals surface area contributed by atoms with Crippen LogP contribution in [0.15, 0.2) is 46.5 Å². The van der Waals surface area contributed by atoms with Crippen LogP contribution in [0.2, 0.25) is 0 Å². The molecule has 0 N–H and O–H groups in total. The zero-order valence-corrected chi connectivity index (χ0v) is 15.0. The third-order valence-electron chi connectivity index (χ3n) is 2.11. The monoisotopic (exact) mass is 333 g/mol. The van der Waals surface area contributed by atoms with E-state index in [4.69, 9.17) is 12.6 Å². The van der Waals surface area contributed by atoms with Gasteiger partial charge in [-0.1, -0.05) is 34.1 Å². The maximum atomic E-state index is 5.10. The molecule has 1 aromatic heterocycles. The molecule has 2 aromatic rings. The summed E-state index contributed by atoms with van der Waals surface area (Å²) in [7, 11) is 0. The number of aromatic nitrogens is 3. The summed E-state index contributed by atoms with van der Waals surface area (Å²) in [4.78, 5) is 0. The predicted octanol–water partition coefficient (Wildman–Crippen LogP) is -0.197. The van der Waals surface area contributed by atoms with Gasteiger partial charge in [0.25, 0.3) is 0 Å². The maximum absolute atomic E-state index is 5.10. The molecule has 0 aliphatic rings. The third-order valence-corrected chi connectivity index (χ3v) is 2.91. The standard InChI is InChI=1S/C11H10BrN3S.K/c1-2-6-15-10(13-14-11(15)16)8-4-3-5-9(12)7-8;/h2-5,7H,1,6H2,(H,14,16);/q;+1/p-1. The number of benzene rings is 1. The Hall–Kier alpha value is 0.436. The van der Waals surface area contributed by atoms with Gasteiger partial charge in [-0.15, -0.1) is 11.7 Å². The minimum Gasteiger partial charge on any atom is -0.740 e. The van der Waals surface area contributed by atoms with Crippen LogP contribution in [0.3, 0.4) is 0 Å². The summed E-state index contributed by atoms with van der Waals surface area (Å²) in [5.41, 5.74) is 0.986. The topological polar surface area (TPSA) is 30.7 Å². The van der Waals surface area contributed by atoms with Crippen molar-refractivity contribution in [3.63, 3.8) is 0 Å². The van der Waals surface area contributed by atoms with E-state index in [9.17, 15) is 0 Å². The number of hydrogen-bond donors (Lipinski definition) is 0. The Labute approximate surface area is 157 Å². The van der Waals surface area contributed by atoms with E-state index in [1.165, 1.54) is 0 Å². The summed E-state index contributed by atoms with van der Waals surface area (Å²) in [5.74, 6) is 0.770. The van der Waals surface area contributed by atoms with E-state index in [1.54, 1.807) is 6.08 Å². The first-order valence-electron chi connectivity index (χ1n) is 4.69. The van der Waals surface area contributed by atoms with Gasteiger partial charge in [0.05, 0.1) is 0 Å². The molecule has 0 aliphatic heterocycles. The molecule has 0 atom stereocenters. The average Bonchev–Trinajstić information content (AvgIpc) is 2.61. The van der Waals surface area contributed by atoms with Gasteiger partial charge < -0.3 is 17.2 Å². The molecule has 0 saturated heterocycles. The van der Waals surface area contributed by atoms with Crippen LogP contribution in [0, 0.1) is 0 Å². The zero-order chi connectivity index (χ0) is 11.5. The smallest absolute Gasteiger partial charge is 0.740 e. The quantitative estimate of drug-likeness (QED) is 0.443. The SMILES string of the molecule is C=CCn1c([S-])nnc1-c1cccc(Br)c1.[K+]. The summed E-state index contributed by atoms with van der Waals surface area (Å²) in [5, 5.41) is 8.47.